The number of benzene rings is 1. The molecule has 3 aromatic rings. The molecule has 0 unspecified atom stereocenters. The molecule has 12 heteroatoms. The third-order valence-corrected chi connectivity index (χ3v) is 4.83. The van der Waals surface area contributed by atoms with Crippen LogP contribution in [0.5, 0.6) is 0 Å². The molecular formula is C21H24N6O6. The number of non-ortho nitro benzene ring substituents is 1. The molecule has 0 spiro atoms. The number of hydrogen-bond acceptors (Lipinski definition) is 8. The highest BCUT2D eigenvalue weighted by molar-refractivity contribution is 5.77. The number of nitrogens with zero attached hydrogens (tertiary/aromatic N) is 5. The van der Waals surface area contributed by atoms with Gasteiger partial charge in [-0.2, -0.15) is 5.10 Å². The van der Waals surface area contributed by atoms with E-state index in [0.29, 0.717) is 36.2 Å². The second-order valence-electron chi connectivity index (χ2n) is 7.22. The Bertz CT molecular complexity index is 1220. The Morgan fingerprint density at radius 1 is 1.27 bits per heavy atom. The Hall–Kier alpha value is -4.09. The third-order valence-electron chi connectivity index (χ3n) is 4.83. The van der Waals surface area contributed by atoms with Gasteiger partial charge in [0.1, 0.15) is 11.7 Å². The number of rotatable bonds is 11. The van der Waals surface area contributed by atoms with Crippen LogP contribution in [0.1, 0.15) is 31.7 Å². The van der Waals surface area contributed by atoms with Gasteiger partial charge in [0.05, 0.1) is 30.8 Å². The number of fused-ring (bicyclic) bond motifs is 1. The molecule has 1 amide bonds. The van der Waals surface area contributed by atoms with Crippen LogP contribution < -0.4 is 10.9 Å². The molecule has 1 aromatic carbocycles. The minimum Gasteiger partial charge on any atom is -0.466 e. The first-order chi connectivity index (χ1) is 15.9. The first-order valence-electron chi connectivity index (χ1n) is 10.5. The summed E-state index contributed by atoms with van der Waals surface area (Å²) in [6, 6.07) is 6.06. The fourth-order valence-electron chi connectivity index (χ4n) is 3.25. The first kappa shape index (κ1) is 23.6. The zero-order chi connectivity index (χ0) is 23.8. The van der Waals surface area contributed by atoms with Crippen molar-refractivity contribution in [2.75, 3.05) is 13.2 Å². The van der Waals surface area contributed by atoms with E-state index in [1.165, 1.54) is 33.9 Å². The number of ether oxygens (including phenoxy) is 1. The molecule has 0 aliphatic rings. The van der Waals surface area contributed by atoms with E-state index < -0.39 is 4.92 Å². The quantitative estimate of drug-likeness (QED) is 0.258. The summed E-state index contributed by atoms with van der Waals surface area (Å²) in [6.45, 7) is 2.78. The van der Waals surface area contributed by atoms with E-state index in [9.17, 15) is 24.5 Å². The average Bonchev–Trinajstić information content (AvgIpc) is 3.20. The molecule has 3 rings (SSSR count). The van der Waals surface area contributed by atoms with Gasteiger partial charge in [0.15, 0.2) is 5.65 Å². The number of aromatic nitrogens is 4. The zero-order valence-electron chi connectivity index (χ0n) is 18.1. The van der Waals surface area contributed by atoms with Gasteiger partial charge in [0.2, 0.25) is 5.91 Å². The topological polar surface area (TPSA) is 151 Å². The van der Waals surface area contributed by atoms with Crippen LogP contribution in [-0.4, -0.2) is 49.3 Å². The van der Waals surface area contributed by atoms with Crippen molar-refractivity contribution in [2.24, 2.45) is 0 Å². The fourth-order valence-corrected chi connectivity index (χ4v) is 3.25. The molecule has 174 valence electrons. The lowest BCUT2D eigenvalue weighted by atomic mass is 10.2. The lowest BCUT2D eigenvalue weighted by Crippen LogP contribution is -2.27. The summed E-state index contributed by atoms with van der Waals surface area (Å²) in [7, 11) is 0. The fraction of sp³-hybridized carbons (Fsp3) is 0.381. The highest BCUT2D eigenvalue weighted by Crippen LogP contribution is 2.14. The standard InChI is InChI=1S/C21H24N6O6/c1-2-33-19(29)8-4-7-18(28)22-9-10-26-20-17(12-24-26)21(30)25(14-23-20)13-15-5-3-6-16(11-15)27(31)32/h3,5-6,11-12,14H,2,4,7-10,13H2,1H3,(H,22,28). The number of amides is 1. The molecule has 0 aliphatic carbocycles. The van der Waals surface area contributed by atoms with Gasteiger partial charge in [0, 0.05) is 31.5 Å². The number of esters is 1. The molecule has 0 radical (unpaired) electrons. The van der Waals surface area contributed by atoms with E-state index in [0.717, 1.165) is 0 Å². The van der Waals surface area contributed by atoms with Gasteiger partial charge < -0.3 is 10.1 Å². The largest absolute Gasteiger partial charge is 0.466 e. The monoisotopic (exact) mass is 456 g/mol. The summed E-state index contributed by atoms with van der Waals surface area (Å²) in [4.78, 5) is 50.8. The second kappa shape index (κ2) is 11.0. The van der Waals surface area contributed by atoms with Gasteiger partial charge in [-0.25, -0.2) is 9.67 Å². The van der Waals surface area contributed by atoms with E-state index >= 15 is 0 Å². The van der Waals surface area contributed by atoms with Crippen molar-refractivity contribution in [3.8, 4) is 0 Å². The van der Waals surface area contributed by atoms with Crippen LogP contribution in [0.15, 0.2) is 41.6 Å². The number of hydrogen-bond donors (Lipinski definition) is 1. The van der Waals surface area contributed by atoms with Crippen LogP contribution >= 0.6 is 0 Å². The van der Waals surface area contributed by atoms with Gasteiger partial charge in [-0.15, -0.1) is 0 Å². The highest BCUT2D eigenvalue weighted by Gasteiger charge is 2.12. The van der Waals surface area contributed by atoms with Crippen molar-refractivity contribution in [1.29, 1.82) is 0 Å². The first-order valence-corrected chi connectivity index (χ1v) is 10.5. The average molecular weight is 456 g/mol. The van der Waals surface area contributed by atoms with E-state index in [4.69, 9.17) is 4.74 Å². The summed E-state index contributed by atoms with van der Waals surface area (Å²) in [5.74, 6) is -0.515. The van der Waals surface area contributed by atoms with Crippen molar-refractivity contribution in [1.82, 2.24) is 24.6 Å². The molecule has 0 bridgehead atoms. The minimum atomic E-state index is -0.489. The summed E-state index contributed by atoms with van der Waals surface area (Å²) in [6.07, 6.45) is 3.59. The normalized spacial score (nSPS) is 10.8. The number of nitrogens with one attached hydrogen (secondary N) is 1. The van der Waals surface area contributed by atoms with Crippen molar-refractivity contribution in [3.63, 3.8) is 0 Å². The van der Waals surface area contributed by atoms with Crippen molar-refractivity contribution in [2.45, 2.75) is 39.3 Å². The lowest BCUT2D eigenvalue weighted by Gasteiger charge is -2.08. The Kier molecular flexibility index (Phi) is 7.84. The Morgan fingerprint density at radius 3 is 2.85 bits per heavy atom. The molecule has 0 fully saturated rings. The Labute approximate surface area is 188 Å². The SMILES string of the molecule is CCOC(=O)CCCC(=O)NCCn1ncc2c(=O)n(Cc3cccc([N+](=O)[O-])c3)cnc21. The van der Waals surface area contributed by atoms with Gasteiger partial charge in [-0.05, 0) is 18.9 Å². The van der Waals surface area contributed by atoms with Crippen LogP contribution in [0.4, 0.5) is 5.69 Å². The predicted molar refractivity (Wildman–Crippen MR) is 117 cm³/mol. The molecule has 2 aromatic heterocycles. The number of nitro groups is 1. The maximum absolute atomic E-state index is 12.8. The number of carbonyl (C=O) groups excluding carboxylic acids is 2. The van der Waals surface area contributed by atoms with E-state index in [1.54, 1.807) is 19.1 Å². The van der Waals surface area contributed by atoms with Gasteiger partial charge in [0.25, 0.3) is 11.2 Å². The van der Waals surface area contributed by atoms with Crippen LogP contribution in [0.3, 0.4) is 0 Å². The van der Waals surface area contributed by atoms with E-state index in [1.807, 2.05) is 0 Å². The zero-order valence-corrected chi connectivity index (χ0v) is 18.1. The van der Waals surface area contributed by atoms with Crippen molar-refractivity contribution in [3.05, 3.63) is 62.8 Å². The Morgan fingerprint density at radius 2 is 2.09 bits per heavy atom. The summed E-state index contributed by atoms with van der Waals surface area (Å²) < 4.78 is 7.70. The molecule has 2 heterocycles. The molecule has 1 N–H and O–H groups in total. The molecular weight excluding hydrogens is 432 g/mol. The minimum absolute atomic E-state index is 0.0506. The molecule has 0 atom stereocenters. The predicted octanol–water partition coefficient (Wildman–Crippen LogP) is 1.40. The molecule has 12 nitrogen and oxygen atoms in total. The molecule has 0 saturated heterocycles. The highest BCUT2D eigenvalue weighted by atomic mass is 16.6. The van der Waals surface area contributed by atoms with Crippen molar-refractivity contribution >= 4 is 28.6 Å². The van der Waals surface area contributed by atoms with Gasteiger partial charge in [-0.1, -0.05) is 12.1 Å². The second-order valence-corrected chi connectivity index (χ2v) is 7.22. The van der Waals surface area contributed by atoms with Crippen LogP contribution in [0, 0.1) is 10.1 Å². The Balaban J connectivity index is 1.58. The molecule has 0 saturated carbocycles. The number of nitro benzene ring substituents is 1. The van der Waals surface area contributed by atoms with Crippen LogP contribution in [0.2, 0.25) is 0 Å². The van der Waals surface area contributed by atoms with Crippen LogP contribution in [-0.2, 0) is 27.4 Å². The molecule has 33 heavy (non-hydrogen) atoms. The lowest BCUT2D eigenvalue weighted by molar-refractivity contribution is -0.384. The maximum Gasteiger partial charge on any atom is 0.305 e. The smallest absolute Gasteiger partial charge is 0.305 e. The third kappa shape index (κ3) is 6.21. The summed E-state index contributed by atoms with van der Waals surface area (Å²) in [5.41, 5.74) is 0.614. The number of carbonyl (C=O) groups is 2. The van der Waals surface area contributed by atoms with Crippen LogP contribution in [0.25, 0.3) is 11.0 Å². The van der Waals surface area contributed by atoms with Gasteiger partial charge in [-0.3, -0.25) is 29.1 Å². The molecule has 0 aliphatic heterocycles. The van der Waals surface area contributed by atoms with E-state index in [-0.39, 0.29) is 49.1 Å². The summed E-state index contributed by atoms with van der Waals surface area (Å²) >= 11 is 0. The van der Waals surface area contributed by atoms with Gasteiger partial charge >= 0.3 is 5.97 Å². The maximum atomic E-state index is 12.8. The van der Waals surface area contributed by atoms with E-state index in [2.05, 4.69) is 15.4 Å². The van der Waals surface area contributed by atoms with Crippen molar-refractivity contribution < 1.29 is 19.2 Å². The summed E-state index contributed by atoms with van der Waals surface area (Å²) in [5, 5.41) is 18.2.